The zero-order valence-corrected chi connectivity index (χ0v) is 15.6. The molecule has 2 saturated heterocycles. The van der Waals surface area contributed by atoms with Gasteiger partial charge in [0.05, 0.1) is 18.1 Å². The summed E-state index contributed by atoms with van der Waals surface area (Å²) in [5, 5.41) is 3.15. The molecule has 0 spiro atoms. The van der Waals surface area contributed by atoms with E-state index in [1.165, 1.54) is 16.4 Å². The smallest absolute Gasteiger partial charge is 0.243 e. The summed E-state index contributed by atoms with van der Waals surface area (Å²) in [5.74, 6) is -0.307. The van der Waals surface area contributed by atoms with Crippen molar-refractivity contribution in [2.45, 2.75) is 17.7 Å². The lowest BCUT2D eigenvalue weighted by molar-refractivity contribution is 0.165. The van der Waals surface area contributed by atoms with Gasteiger partial charge < -0.3 is 14.8 Å². The number of sulfonamides is 1. The lowest BCUT2D eigenvalue weighted by Crippen LogP contribution is -2.34. The monoisotopic (exact) mass is 394 g/mol. The van der Waals surface area contributed by atoms with Crippen LogP contribution < -0.4 is 10.1 Å². The first-order chi connectivity index (χ1) is 11.6. The molecule has 0 amide bonds. The predicted octanol–water partition coefficient (Wildman–Crippen LogP) is 1.65. The van der Waals surface area contributed by atoms with Gasteiger partial charge in [-0.1, -0.05) is 0 Å². The molecule has 0 aliphatic carbocycles. The van der Waals surface area contributed by atoms with Gasteiger partial charge in [-0.2, -0.15) is 4.31 Å². The Morgan fingerprint density at radius 3 is 2.88 bits per heavy atom. The van der Waals surface area contributed by atoms with Crippen LogP contribution in [0.25, 0.3) is 0 Å². The number of halogens is 2. The van der Waals surface area contributed by atoms with Gasteiger partial charge in [-0.3, -0.25) is 0 Å². The number of benzene rings is 1. The second-order valence-corrected chi connectivity index (χ2v) is 8.08. The second kappa shape index (κ2) is 9.14. The molecule has 2 fully saturated rings. The van der Waals surface area contributed by atoms with Gasteiger partial charge in [0.2, 0.25) is 10.0 Å². The van der Waals surface area contributed by atoms with E-state index in [0.717, 1.165) is 25.5 Å². The Balaban J connectivity index is 0.00000225. The average Bonchev–Trinajstić information content (AvgIpc) is 2.93. The van der Waals surface area contributed by atoms with E-state index in [0.29, 0.717) is 39.5 Å². The van der Waals surface area contributed by atoms with Gasteiger partial charge in [0.15, 0.2) is 11.6 Å². The fourth-order valence-electron chi connectivity index (χ4n) is 2.89. The largest absolute Gasteiger partial charge is 0.490 e. The molecular weight excluding hydrogens is 371 g/mol. The first kappa shape index (κ1) is 20.4. The Morgan fingerprint density at radius 1 is 1.32 bits per heavy atom. The minimum absolute atomic E-state index is 0. The van der Waals surface area contributed by atoms with Crippen LogP contribution in [-0.4, -0.2) is 58.7 Å². The maximum Gasteiger partial charge on any atom is 0.243 e. The summed E-state index contributed by atoms with van der Waals surface area (Å²) >= 11 is 0. The van der Waals surface area contributed by atoms with E-state index in [1.54, 1.807) is 0 Å². The summed E-state index contributed by atoms with van der Waals surface area (Å²) < 4.78 is 51.7. The maximum atomic E-state index is 14.3. The van der Waals surface area contributed by atoms with E-state index in [1.807, 2.05) is 0 Å². The van der Waals surface area contributed by atoms with Gasteiger partial charge in [0.1, 0.15) is 0 Å². The third kappa shape index (κ3) is 5.04. The van der Waals surface area contributed by atoms with Gasteiger partial charge >= 0.3 is 0 Å². The van der Waals surface area contributed by atoms with Crippen LogP contribution in [0, 0.1) is 11.7 Å². The van der Waals surface area contributed by atoms with Crippen molar-refractivity contribution in [3.8, 4) is 5.75 Å². The second-order valence-electron chi connectivity index (χ2n) is 6.14. The molecule has 6 nitrogen and oxygen atoms in total. The summed E-state index contributed by atoms with van der Waals surface area (Å²) in [6.45, 7) is 3.93. The van der Waals surface area contributed by atoms with Crippen molar-refractivity contribution in [3.05, 3.63) is 24.0 Å². The summed E-state index contributed by atoms with van der Waals surface area (Å²) in [5.41, 5.74) is 0. The predicted molar refractivity (Wildman–Crippen MR) is 94.3 cm³/mol. The van der Waals surface area contributed by atoms with Crippen molar-refractivity contribution in [2.75, 3.05) is 46.0 Å². The molecule has 0 aromatic heterocycles. The van der Waals surface area contributed by atoms with Crippen LogP contribution >= 0.6 is 12.4 Å². The number of rotatable bonds is 5. The van der Waals surface area contributed by atoms with E-state index >= 15 is 0 Å². The van der Waals surface area contributed by atoms with Gasteiger partial charge in [0, 0.05) is 32.2 Å². The summed E-state index contributed by atoms with van der Waals surface area (Å²) in [7, 11) is -3.68. The highest BCUT2D eigenvalue weighted by molar-refractivity contribution is 7.89. The summed E-state index contributed by atoms with van der Waals surface area (Å²) in [4.78, 5) is -0.0292. The van der Waals surface area contributed by atoms with Crippen LogP contribution in [0.2, 0.25) is 0 Å². The number of nitrogens with zero attached hydrogens (tertiary/aromatic N) is 1. The molecule has 142 valence electrons. The topological polar surface area (TPSA) is 67.9 Å². The Bertz CT molecular complexity index is 660. The van der Waals surface area contributed by atoms with Gasteiger partial charge in [-0.15, -0.1) is 12.4 Å². The third-order valence-electron chi connectivity index (χ3n) is 4.34. The molecule has 2 heterocycles. The van der Waals surface area contributed by atoms with Crippen molar-refractivity contribution in [3.63, 3.8) is 0 Å². The molecule has 1 aromatic carbocycles. The lowest BCUT2D eigenvalue weighted by atomic mass is 10.1. The SMILES string of the molecule is Cl.O=S(=O)(c1ccc(OCC2CCOC2)c(F)c1)N1CCCNCC1. The van der Waals surface area contributed by atoms with Crippen LogP contribution in [-0.2, 0) is 14.8 Å². The highest BCUT2D eigenvalue weighted by Gasteiger charge is 2.26. The van der Waals surface area contributed by atoms with Crippen molar-refractivity contribution in [1.29, 1.82) is 0 Å². The number of ether oxygens (including phenoxy) is 2. The van der Waals surface area contributed by atoms with E-state index < -0.39 is 15.8 Å². The van der Waals surface area contributed by atoms with Crippen molar-refractivity contribution >= 4 is 22.4 Å². The summed E-state index contributed by atoms with van der Waals surface area (Å²) in [6.07, 6.45) is 1.64. The minimum Gasteiger partial charge on any atom is -0.490 e. The molecule has 2 aliphatic heterocycles. The molecule has 1 aromatic rings. The molecular formula is C16H24ClFN2O4S. The highest BCUT2D eigenvalue weighted by Crippen LogP contribution is 2.25. The highest BCUT2D eigenvalue weighted by atomic mass is 35.5. The van der Waals surface area contributed by atoms with E-state index in [2.05, 4.69) is 5.32 Å². The van der Waals surface area contributed by atoms with E-state index in [4.69, 9.17) is 9.47 Å². The fraction of sp³-hybridized carbons (Fsp3) is 0.625. The van der Waals surface area contributed by atoms with E-state index in [9.17, 15) is 12.8 Å². The van der Waals surface area contributed by atoms with Crippen LogP contribution in [0.5, 0.6) is 5.75 Å². The van der Waals surface area contributed by atoms with Crippen LogP contribution in [0.3, 0.4) is 0 Å². The van der Waals surface area contributed by atoms with Crippen LogP contribution in [0.1, 0.15) is 12.8 Å². The molecule has 3 rings (SSSR count). The minimum atomic E-state index is -3.68. The number of nitrogens with one attached hydrogen (secondary N) is 1. The number of hydrogen-bond donors (Lipinski definition) is 1. The van der Waals surface area contributed by atoms with Crippen LogP contribution in [0.4, 0.5) is 4.39 Å². The molecule has 2 aliphatic rings. The first-order valence-electron chi connectivity index (χ1n) is 8.28. The van der Waals surface area contributed by atoms with Gasteiger partial charge in [0.25, 0.3) is 0 Å². The zero-order chi connectivity index (χ0) is 17.0. The maximum absolute atomic E-state index is 14.3. The van der Waals surface area contributed by atoms with E-state index in [-0.39, 0.29) is 29.0 Å². The molecule has 1 atom stereocenters. The standard InChI is InChI=1S/C16H23FN2O4S.ClH/c17-15-10-14(24(20,21)19-7-1-5-18-6-8-19)2-3-16(15)23-12-13-4-9-22-11-13;/h2-3,10,13,18H,1,4-9,11-12H2;1H. The molecule has 1 N–H and O–H groups in total. The van der Waals surface area contributed by atoms with Gasteiger partial charge in [-0.05, 0) is 37.6 Å². The van der Waals surface area contributed by atoms with Gasteiger partial charge in [-0.25, -0.2) is 12.8 Å². The van der Waals surface area contributed by atoms with Crippen molar-refractivity contribution < 1.29 is 22.3 Å². The van der Waals surface area contributed by atoms with Crippen molar-refractivity contribution in [1.82, 2.24) is 9.62 Å². The normalized spacial score (nSPS) is 22.2. The Labute approximate surface area is 154 Å². The Hall–Kier alpha value is -0.930. The molecule has 25 heavy (non-hydrogen) atoms. The fourth-order valence-corrected chi connectivity index (χ4v) is 4.38. The molecule has 0 bridgehead atoms. The van der Waals surface area contributed by atoms with Crippen LogP contribution in [0.15, 0.2) is 23.1 Å². The lowest BCUT2D eigenvalue weighted by Gasteiger charge is -2.20. The third-order valence-corrected chi connectivity index (χ3v) is 6.23. The molecule has 0 saturated carbocycles. The average molecular weight is 395 g/mol. The zero-order valence-electron chi connectivity index (χ0n) is 13.9. The quantitative estimate of drug-likeness (QED) is 0.822. The summed E-state index contributed by atoms with van der Waals surface area (Å²) in [6, 6.07) is 3.86. The number of hydrogen-bond acceptors (Lipinski definition) is 5. The molecule has 1 unspecified atom stereocenters. The Morgan fingerprint density at radius 2 is 2.16 bits per heavy atom. The molecule has 0 radical (unpaired) electrons. The van der Waals surface area contributed by atoms with Crippen molar-refractivity contribution in [2.24, 2.45) is 5.92 Å². The first-order valence-corrected chi connectivity index (χ1v) is 9.72. The molecule has 9 heteroatoms. The Kier molecular flexibility index (Phi) is 7.45.